The molecule has 2 aliphatic heterocycles. The molecule has 2 amide bonds. The van der Waals surface area contributed by atoms with E-state index in [0.29, 0.717) is 37.0 Å². The summed E-state index contributed by atoms with van der Waals surface area (Å²) in [5.74, 6) is -1.01. The summed E-state index contributed by atoms with van der Waals surface area (Å²) in [5, 5.41) is 0. The van der Waals surface area contributed by atoms with Crippen molar-refractivity contribution in [1.82, 2.24) is 8.61 Å². The summed E-state index contributed by atoms with van der Waals surface area (Å²) in [6, 6.07) is -0.670. The SMILES string of the molecule is C=CC[C@H](C[C@@H](CCCC(C)C)C(=O)N1[C@@H]2C[C@H]3CC[C@]2(CS1(=O)=O)C3(C)C)C(=O)N1[C@@H]2C[C@H]3CC[C@]2(CS1(=O)=O)C3(C)C. The molecule has 2 spiro atoms. The lowest BCUT2D eigenvalue weighted by Gasteiger charge is -2.38. The Kier molecular flexibility index (Phi) is 7.60. The zero-order valence-electron chi connectivity index (χ0n) is 27.7. The predicted molar refractivity (Wildman–Crippen MR) is 171 cm³/mol. The summed E-state index contributed by atoms with van der Waals surface area (Å²) in [5.41, 5.74) is -1.15. The molecule has 0 aromatic rings. The van der Waals surface area contributed by atoms with Crippen LogP contribution in [0.15, 0.2) is 12.7 Å². The Hall–Kier alpha value is -1.42. The Bertz CT molecular complexity index is 1450. The Morgan fingerprint density at radius 1 is 0.795 bits per heavy atom. The van der Waals surface area contributed by atoms with E-state index in [-0.39, 0.29) is 53.2 Å². The number of allylic oxidation sites excluding steroid dienone is 1. The first-order valence-corrected chi connectivity index (χ1v) is 20.3. The van der Waals surface area contributed by atoms with Gasteiger partial charge in [0.2, 0.25) is 31.9 Å². The van der Waals surface area contributed by atoms with Crippen molar-refractivity contribution >= 4 is 31.9 Å². The molecule has 0 radical (unpaired) electrons. The van der Waals surface area contributed by atoms with Crippen LogP contribution < -0.4 is 0 Å². The molecule has 0 aromatic heterocycles. The maximum atomic E-state index is 14.5. The largest absolute Gasteiger partial charge is 0.273 e. The summed E-state index contributed by atoms with van der Waals surface area (Å²) in [7, 11) is -7.62. The van der Waals surface area contributed by atoms with E-state index in [2.05, 4.69) is 48.1 Å². The summed E-state index contributed by atoms with van der Waals surface area (Å²) in [6.45, 7) is 16.8. The summed E-state index contributed by atoms with van der Waals surface area (Å²) in [6.07, 6.45) is 9.17. The zero-order valence-corrected chi connectivity index (χ0v) is 29.3. The van der Waals surface area contributed by atoms with E-state index in [9.17, 15) is 26.4 Å². The van der Waals surface area contributed by atoms with E-state index >= 15 is 0 Å². The highest BCUT2D eigenvalue weighted by molar-refractivity contribution is 7.90. The molecule has 0 N–H and O–H groups in total. The Labute approximate surface area is 265 Å². The lowest BCUT2D eigenvalue weighted by molar-refractivity contribution is -0.137. The van der Waals surface area contributed by atoms with Crippen molar-refractivity contribution in [2.45, 2.75) is 124 Å². The maximum absolute atomic E-state index is 14.5. The van der Waals surface area contributed by atoms with Crippen LogP contribution in [-0.4, -0.2) is 60.8 Å². The second-order valence-corrected chi connectivity index (χ2v) is 20.7. The minimum Gasteiger partial charge on any atom is -0.273 e. The molecule has 4 saturated carbocycles. The third-order valence-corrected chi connectivity index (χ3v) is 18.1. The van der Waals surface area contributed by atoms with Crippen LogP contribution in [0.1, 0.15) is 112 Å². The van der Waals surface area contributed by atoms with E-state index in [4.69, 9.17) is 0 Å². The van der Waals surface area contributed by atoms with Gasteiger partial charge in [0, 0.05) is 22.7 Å². The van der Waals surface area contributed by atoms with Crippen LogP contribution in [0, 0.1) is 51.2 Å². The lowest BCUT2D eigenvalue weighted by Crippen LogP contribution is -2.48. The average molecular weight is 651 g/mol. The molecule has 2 saturated heterocycles. The second kappa shape index (κ2) is 10.3. The first-order valence-electron chi connectivity index (χ1n) is 17.1. The van der Waals surface area contributed by atoms with Crippen molar-refractivity contribution in [2.75, 3.05) is 11.5 Å². The fourth-order valence-electron chi connectivity index (χ4n) is 11.5. The van der Waals surface area contributed by atoms with Crippen molar-refractivity contribution < 1.29 is 26.4 Å². The summed E-state index contributed by atoms with van der Waals surface area (Å²) >= 11 is 0. The van der Waals surface area contributed by atoms with Crippen molar-refractivity contribution in [2.24, 2.45) is 51.2 Å². The molecule has 2 heterocycles. The van der Waals surface area contributed by atoms with Gasteiger partial charge in [0.15, 0.2) is 0 Å². The molecular formula is C34H54N2O6S2. The van der Waals surface area contributed by atoms with E-state index in [1.54, 1.807) is 6.08 Å². The highest BCUT2D eigenvalue weighted by Gasteiger charge is 2.74. The molecule has 6 fully saturated rings. The average Bonchev–Trinajstić information content (AvgIpc) is 3.60. The van der Waals surface area contributed by atoms with Gasteiger partial charge in [-0.05, 0) is 86.4 Å². The van der Waals surface area contributed by atoms with Gasteiger partial charge in [-0.3, -0.25) is 9.59 Å². The molecule has 8 atom stereocenters. The molecule has 6 aliphatic rings. The first kappa shape index (κ1) is 32.5. The molecule has 4 aliphatic carbocycles. The summed E-state index contributed by atoms with van der Waals surface area (Å²) < 4.78 is 57.6. The van der Waals surface area contributed by atoms with Crippen LogP contribution >= 0.6 is 0 Å². The first-order chi connectivity index (χ1) is 20.4. The second-order valence-electron chi connectivity index (χ2n) is 17.0. The molecular weight excluding hydrogens is 597 g/mol. The van der Waals surface area contributed by atoms with Crippen LogP contribution in [-0.2, 0) is 29.6 Å². The van der Waals surface area contributed by atoms with Gasteiger partial charge < -0.3 is 0 Å². The fourth-order valence-corrected chi connectivity index (χ4v) is 16.7. The molecule has 0 unspecified atom stereocenters. The fraction of sp³-hybridized carbons (Fsp3) is 0.882. The van der Waals surface area contributed by atoms with Gasteiger partial charge in [-0.1, -0.05) is 60.5 Å². The highest BCUT2D eigenvalue weighted by atomic mass is 32.2. The number of hydrogen-bond acceptors (Lipinski definition) is 6. The number of rotatable bonds is 10. The topological polar surface area (TPSA) is 109 Å². The van der Waals surface area contributed by atoms with Gasteiger partial charge in [-0.2, -0.15) is 0 Å². The van der Waals surface area contributed by atoms with E-state index in [0.717, 1.165) is 38.5 Å². The van der Waals surface area contributed by atoms with Crippen molar-refractivity contribution in [1.29, 1.82) is 0 Å². The van der Waals surface area contributed by atoms with Crippen LogP contribution in [0.5, 0.6) is 0 Å². The molecule has 0 aromatic carbocycles. The molecule has 248 valence electrons. The minimum absolute atomic E-state index is 0.00417. The van der Waals surface area contributed by atoms with Crippen molar-refractivity contribution in [3.05, 3.63) is 12.7 Å². The zero-order chi connectivity index (χ0) is 32.3. The molecule has 8 nitrogen and oxygen atoms in total. The van der Waals surface area contributed by atoms with Crippen molar-refractivity contribution in [3.8, 4) is 0 Å². The minimum atomic E-state index is -3.82. The third-order valence-electron chi connectivity index (χ3n) is 14.3. The number of carbonyl (C=O) groups is 2. The Morgan fingerprint density at radius 3 is 1.66 bits per heavy atom. The number of fused-ring (bicyclic) bond motifs is 2. The number of nitrogens with zero attached hydrogens (tertiary/aromatic N) is 2. The number of amides is 2. The number of hydrogen-bond donors (Lipinski definition) is 0. The van der Waals surface area contributed by atoms with Crippen LogP contribution in [0.3, 0.4) is 0 Å². The predicted octanol–water partition coefficient (Wildman–Crippen LogP) is 5.75. The Balaban J connectivity index is 1.30. The number of carbonyl (C=O) groups excluding carboxylic acids is 2. The molecule has 6 rings (SSSR count). The van der Waals surface area contributed by atoms with Gasteiger partial charge in [0.25, 0.3) is 0 Å². The van der Waals surface area contributed by atoms with Gasteiger partial charge in [-0.25, -0.2) is 25.4 Å². The monoisotopic (exact) mass is 650 g/mol. The summed E-state index contributed by atoms with van der Waals surface area (Å²) in [4.78, 5) is 28.9. The van der Waals surface area contributed by atoms with E-state index in [1.165, 1.54) is 8.61 Å². The third kappa shape index (κ3) is 4.30. The molecule has 4 bridgehead atoms. The standard InChI is InChI=1S/C34H54N2O6S2/c1-8-10-23(29(37)35-27-18-25-13-15-33(27,31(25,4)5)20-43(35,39)40)17-24(12-9-11-22(2)3)30(38)36-28-19-26-14-16-34(28,32(26,6)7)21-44(36,41)42/h8,22-28H,1,9-21H2,2-7H3/t23-,24-,25-,26-,27-,28-,33-,34-/m1/s1. The van der Waals surface area contributed by atoms with Crippen molar-refractivity contribution in [3.63, 3.8) is 0 Å². The molecule has 44 heavy (non-hydrogen) atoms. The van der Waals surface area contributed by atoms with Gasteiger partial charge in [-0.15, -0.1) is 6.58 Å². The normalized spacial score (nSPS) is 39.4. The van der Waals surface area contributed by atoms with Gasteiger partial charge >= 0.3 is 0 Å². The smallest absolute Gasteiger partial charge is 0.239 e. The lowest BCUT2D eigenvalue weighted by atomic mass is 9.69. The van der Waals surface area contributed by atoms with E-state index in [1.807, 2.05) is 0 Å². The van der Waals surface area contributed by atoms with Crippen LogP contribution in [0.25, 0.3) is 0 Å². The van der Waals surface area contributed by atoms with Crippen LogP contribution in [0.4, 0.5) is 0 Å². The molecule has 10 heteroatoms. The van der Waals surface area contributed by atoms with E-state index < -0.39 is 48.6 Å². The number of sulfonamides is 2. The highest BCUT2D eigenvalue weighted by Crippen LogP contribution is 2.71. The quantitative estimate of drug-likeness (QED) is 0.279. The maximum Gasteiger partial charge on any atom is 0.239 e. The Morgan fingerprint density at radius 2 is 1.25 bits per heavy atom. The van der Waals surface area contributed by atoms with Gasteiger partial charge in [0.05, 0.1) is 23.6 Å². The van der Waals surface area contributed by atoms with Gasteiger partial charge in [0.1, 0.15) is 0 Å². The van der Waals surface area contributed by atoms with Crippen LogP contribution in [0.2, 0.25) is 0 Å².